The van der Waals surface area contributed by atoms with E-state index in [1.165, 1.54) is 25.3 Å². The van der Waals surface area contributed by atoms with E-state index in [0.717, 1.165) is 12.1 Å². The summed E-state index contributed by atoms with van der Waals surface area (Å²) in [5.41, 5.74) is -0.00654. The molecule has 6 heteroatoms. The molecule has 0 heterocycles. The molecule has 0 fully saturated rings. The van der Waals surface area contributed by atoms with Crippen molar-refractivity contribution >= 4 is 27.5 Å². The van der Waals surface area contributed by atoms with Gasteiger partial charge in [-0.3, -0.25) is 0 Å². The third-order valence-corrected chi connectivity index (χ3v) is 4.15. The Balaban J connectivity index is 2.54. The van der Waals surface area contributed by atoms with Crippen molar-refractivity contribution in [1.82, 2.24) is 0 Å². The average molecular weight is 366 g/mol. The Kier molecular flexibility index (Phi) is 4.60. The number of alkyl halides is 1. The van der Waals surface area contributed by atoms with Crippen LogP contribution in [0.3, 0.4) is 0 Å². The van der Waals surface area contributed by atoms with E-state index in [1.807, 2.05) is 0 Å². The molecule has 1 unspecified atom stereocenters. The van der Waals surface area contributed by atoms with Crippen LogP contribution in [0.5, 0.6) is 5.75 Å². The Morgan fingerprint density at radius 3 is 2.25 bits per heavy atom. The molecule has 2 aromatic carbocycles. The smallest absolute Gasteiger partial charge is 0.142 e. The second kappa shape index (κ2) is 6.06. The van der Waals surface area contributed by atoms with Gasteiger partial charge in [-0.25, -0.2) is 13.2 Å². The van der Waals surface area contributed by atoms with Gasteiger partial charge < -0.3 is 4.74 Å². The van der Waals surface area contributed by atoms with Gasteiger partial charge in [-0.15, -0.1) is 0 Å². The van der Waals surface area contributed by atoms with Crippen molar-refractivity contribution in [3.63, 3.8) is 0 Å². The van der Waals surface area contributed by atoms with Gasteiger partial charge in [0.05, 0.1) is 17.0 Å². The Hall–Kier alpha value is -1.20. The first-order chi connectivity index (χ1) is 9.45. The van der Waals surface area contributed by atoms with Crippen LogP contribution in [-0.2, 0) is 0 Å². The van der Waals surface area contributed by atoms with Crippen molar-refractivity contribution in [3.05, 3.63) is 63.9 Å². The first-order valence-electron chi connectivity index (χ1n) is 5.56. The lowest BCUT2D eigenvalue weighted by Crippen LogP contribution is -2.03. The Morgan fingerprint density at radius 1 is 1.10 bits per heavy atom. The number of hydrogen-bond donors (Lipinski definition) is 0. The number of ether oxygens (including phenoxy) is 1. The number of hydrogen-bond acceptors (Lipinski definition) is 1. The lowest BCUT2D eigenvalue weighted by molar-refractivity contribution is 0.405. The fourth-order valence-corrected chi connectivity index (χ4v) is 2.98. The molecule has 0 saturated carbocycles. The van der Waals surface area contributed by atoms with Crippen LogP contribution in [-0.4, -0.2) is 7.11 Å². The van der Waals surface area contributed by atoms with Crippen molar-refractivity contribution in [2.75, 3.05) is 7.11 Å². The minimum atomic E-state index is -0.906. The van der Waals surface area contributed by atoms with Gasteiger partial charge in [0.1, 0.15) is 23.2 Å². The van der Waals surface area contributed by atoms with Crippen LogP contribution in [0.15, 0.2) is 30.3 Å². The zero-order chi connectivity index (χ0) is 14.9. The predicted molar refractivity (Wildman–Crippen MR) is 75.1 cm³/mol. The molecule has 106 valence electrons. The lowest BCUT2D eigenvalue weighted by atomic mass is 10.0. The largest absolute Gasteiger partial charge is 0.497 e. The number of rotatable bonds is 3. The van der Waals surface area contributed by atoms with Crippen LogP contribution in [0.1, 0.15) is 16.0 Å². The van der Waals surface area contributed by atoms with Gasteiger partial charge in [0, 0.05) is 17.7 Å². The molecule has 1 atom stereocenters. The molecular weight excluding hydrogens is 357 g/mol. The molecular formula is C14H9BrClF3O. The van der Waals surface area contributed by atoms with Crippen LogP contribution in [0.25, 0.3) is 0 Å². The van der Waals surface area contributed by atoms with E-state index in [9.17, 15) is 13.2 Å². The fourth-order valence-electron chi connectivity index (χ4n) is 1.79. The van der Waals surface area contributed by atoms with E-state index in [-0.39, 0.29) is 21.9 Å². The van der Waals surface area contributed by atoms with E-state index >= 15 is 0 Å². The third kappa shape index (κ3) is 2.79. The summed E-state index contributed by atoms with van der Waals surface area (Å²) >= 11 is 8.98. The molecule has 0 aliphatic carbocycles. The monoisotopic (exact) mass is 364 g/mol. The van der Waals surface area contributed by atoms with Crippen LogP contribution >= 0.6 is 27.5 Å². The maximum absolute atomic E-state index is 14.0. The standard InChI is InChI=1S/C14H9BrClF3O/c1-20-7-5-10(18)12(11(19)6-7)13(15)8-3-2-4-9(17)14(8)16/h2-6,13H,1H3. The molecule has 2 aromatic rings. The number of methoxy groups -OCH3 is 1. The summed E-state index contributed by atoms with van der Waals surface area (Å²) in [7, 11) is 1.31. The van der Waals surface area contributed by atoms with Gasteiger partial charge in [-0.2, -0.15) is 0 Å². The molecule has 0 radical (unpaired) electrons. The Labute approximate surface area is 127 Å². The van der Waals surface area contributed by atoms with Gasteiger partial charge in [0.15, 0.2) is 0 Å². The second-order valence-corrected chi connectivity index (χ2v) is 5.30. The fraction of sp³-hybridized carbons (Fsp3) is 0.143. The SMILES string of the molecule is COc1cc(F)c(C(Br)c2cccc(F)c2Cl)c(F)c1. The summed E-state index contributed by atoms with van der Waals surface area (Å²) in [5, 5.41) is -0.177. The van der Waals surface area contributed by atoms with Crippen LogP contribution in [0.2, 0.25) is 5.02 Å². The summed E-state index contributed by atoms with van der Waals surface area (Å²) in [6.07, 6.45) is 0. The van der Waals surface area contributed by atoms with Crippen LogP contribution in [0, 0.1) is 17.5 Å². The maximum atomic E-state index is 14.0. The van der Waals surface area contributed by atoms with Crippen molar-refractivity contribution in [3.8, 4) is 5.75 Å². The lowest BCUT2D eigenvalue weighted by Gasteiger charge is -2.15. The molecule has 1 nitrogen and oxygen atoms in total. The zero-order valence-electron chi connectivity index (χ0n) is 10.3. The Bertz CT molecular complexity index is 625. The summed E-state index contributed by atoms with van der Waals surface area (Å²) < 4.78 is 46.2. The van der Waals surface area contributed by atoms with Gasteiger partial charge >= 0.3 is 0 Å². The first-order valence-corrected chi connectivity index (χ1v) is 6.86. The van der Waals surface area contributed by atoms with E-state index < -0.39 is 22.3 Å². The van der Waals surface area contributed by atoms with E-state index in [2.05, 4.69) is 15.9 Å². The zero-order valence-corrected chi connectivity index (χ0v) is 12.6. The summed E-state index contributed by atoms with van der Waals surface area (Å²) in [5.74, 6) is -2.19. The molecule has 0 aliphatic rings. The van der Waals surface area contributed by atoms with Crippen LogP contribution < -0.4 is 4.74 Å². The van der Waals surface area contributed by atoms with E-state index in [4.69, 9.17) is 16.3 Å². The molecule has 20 heavy (non-hydrogen) atoms. The molecule has 0 aliphatic heterocycles. The predicted octanol–water partition coefficient (Wildman–Crippen LogP) is 5.25. The summed E-state index contributed by atoms with van der Waals surface area (Å²) in [6.45, 7) is 0. The average Bonchev–Trinajstić information content (AvgIpc) is 2.40. The minimum absolute atomic E-state index is 0.0637. The topological polar surface area (TPSA) is 9.23 Å². The highest BCUT2D eigenvalue weighted by Crippen LogP contribution is 2.39. The molecule has 0 N–H and O–H groups in total. The summed E-state index contributed by atoms with van der Waals surface area (Å²) in [4.78, 5) is -0.906. The van der Waals surface area contributed by atoms with Gasteiger partial charge in [-0.05, 0) is 11.6 Å². The molecule has 0 amide bonds. The highest BCUT2D eigenvalue weighted by molar-refractivity contribution is 9.09. The normalized spacial score (nSPS) is 12.3. The number of benzene rings is 2. The minimum Gasteiger partial charge on any atom is -0.497 e. The maximum Gasteiger partial charge on any atom is 0.142 e. The van der Waals surface area contributed by atoms with Gasteiger partial charge in [0.2, 0.25) is 0 Å². The Morgan fingerprint density at radius 2 is 1.70 bits per heavy atom. The molecule has 0 spiro atoms. The highest BCUT2D eigenvalue weighted by Gasteiger charge is 2.23. The van der Waals surface area contributed by atoms with Gasteiger partial charge in [-0.1, -0.05) is 39.7 Å². The number of halogens is 5. The highest BCUT2D eigenvalue weighted by atomic mass is 79.9. The van der Waals surface area contributed by atoms with Crippen molar-refractivity contribution < 1.29 is 17.9 Å². The van der Waals surface area contributed by atoms with E-state index in [1.54, 1.807) is 0 Å². The molecule has 0 aromatic heterocycles. The second-order valence-electron chi connectivity index (χ2n) is 4.01. The third-order valence-electron chi connectivity index (χ3n) is 2.80. The molecule has 0 bridgehead atoms. The van der Waals surface area contributed by atoms with Gasteiger partial charge in [0.25, 0.3) is 0 Å². The van der Waals surface area contributed by atoms with Crippen molar-refractivity contribution in [1.29, 1.82) is 0 Å². The molecule has 2 rings (SSSR count). The van der Waals surface area contributed by atoms with Crippen LogP contribution in [0.4, 0.5) is 13.2 Å². The van der Waals surface area contributed by atoms with Crippen molar-refractivity contribution in [2.24, 2.45) is 0 Å². The van der Waals surface area contributed by atoms with Crippen molar-refractivity contribution in [2.45, 2.75) is 4.83 Å². The molecule has 0 saturated heterocycles. The van der Waals surface area contributed by atoms with E-state index in [0.29, 0.717) is 0 Å². The summed E-state index contributed by atoms with van der Waals surface area (Å²) in [6, 6.07) is 6.20. The quantitative estimate of drug-likeness (QED) is 0.675. The first kappa shape index (κ1) is 15.2.